The molecule has 0 radical (unpaired) electrons. The fourth-order valence-corrected chi connectivity index (χ4v) is 3.38. The van der Waals surface area contributed by atoms with Crippen molar-refractivity contribution in [1.29, 1.82) is 0 Å². The van der Waals surface area contributed by atoms with Gasteiger partial charge in [-0.1, -0.05) is 19.9 Å². The van der Waals surface area contributed by atoms with Crippen LogP contribution in [-0.4, -0.2) is 50.3 Å². The van der Waals surface area contributed by atoms with Gasteiger partial charge in [-0.05, 0) is 68.4 Å². The van der Waals surface area contributed by atoms with E-state index >= 15 is 0 Å². The summed E-state index contributed by atoms with van der Waals surface area (Å²) in [4.78, 5) is 12.5. The van der Waals surface area contributed by atoms with Crippen LogP contribution in [0.3, 0.4) is 0 Å². The summed E-state index contributed by atoms with van der Waals surface area (Å²) in [6.45, 7) is 7.22. The van der Waals surface area contributed by atoms with E-state index in [9.17, 15) is 25.2 Å². The predicted molar refractivity (Wildman–Crippen MR) is 106 cm³/mol. The molecule has 1 aliphatic carbocycles. The monoisotopic (exact) mass is 392 g/mol. The van der Waals surface area contributed by atoms with E-state index in [2.05, 4.69) is 0 Å². The van der Waals surface area contributed by atoms with Crippen LogP contribution in [0.4, 0.5) is 0 Å². The smallest absolute Gasteiger partial charge is 0.338 e. The van der Waals surface area contributed by atoms with E-state index in [1.165, 1.54) is 24.3 Å². The number of hydrogen-bond acceptors (Lipinski definition) is 6. The molecule has 0 heterocycles. The summed E-state index contributed by atoms with van der Waals surface area (Å²) in [5.41, 5.74) is -0.862. The van der Waals surface area contributed by atoms with E-state index in [0.29, 0.717) is 24.8 Å². The lowest BCUT2D eigenvalue weighted by Crippen LogP contribution is -2.42. The van der Waals surface area contributed by atoms with Gasteiger partial charge in [-0.3, -0.25) is 0 Å². The van der Waals surface area contributed by atoms with Crippen LogP contribution in [0.5, 0.6) is 5.75 Å². The number of aliphatic hydroxyl groups excluding tert-OH is 2. The van der Waals surface area contributed by atoms with Crippen LogP contribution in [-0.2, 0) is 4.74 Å². The quantitative estimate of drug-likeness (QED) is 0.455. The van der Waals surface area contributed by atoms with Crippen LogP contribution in [0.15, 0.2) is 35.9 Å². The Kier molecular flexibility index (Phi) is 6.91. The molecule has 6 heteroatoms. The highest BCUT2D eigenvalue weighted by Crippen LogP contribution is 2.34. The van der Waals surface area contributed by atoms with Crippen molar-refractivity contribution in [2.75, 3.05) is 0 Å². The minimum atomic E-state index is -1.32. The zero-order valence-corrected chi connectivity index (χ0v) is 17.1. The fourth-order valence-electron chi connectivity index (χ4n) is 3.38. The van der Waals surface area contributed by atoms with E-state index in [4.69, 9.17) is 4.74 Å². The molecule has 1 aliphatic rings. The Morgan fingerprint density at radius 1 is 1.11 bits per heavy atom. The van der Waals surface area contributed by atoms with Gasteiger partial charge in [0.15, 0.2) is 0 Å². The molecular formula is C22H32O6. The van der Waals surface area contributed by atoms with E-state index in [1.54, 1.807) is 19.9 Å². The molecule has 1 aromatic rings. The molecule has 0 aromatic heterocycles. The van der Waals surface area contributed by atoms with Crippen molar-refractivity contribution < 1.29 is 30.0 Å². The van der Waals surface area contributed by atoms with Crippen molar-refractivity contribution >= 4 is 5.97 Å². The van der Waals surface area contributed by atoms with Gasteiger partial charge < -0.3 is 25.2 Å². The third kappa shape index (κ3) is 5.56. The Bertz CT molecular complexity index is 704. The molecule has 4 atom stereocenters. The van der Waals surface area contributed by atoms with E-state index in [1.807, 2.05) is 13.8 Å². The average Bonchev–Trinajstić information content (AvgIpc) is 2.60. The number of rotatable bonds is 2. The number of carbonyl (C=O) groups is 1. The standard InChI is InChI=1S/C22H32O6/c1-14-12-18(24)21(2,3)10-5-11-22(4,27)19(25)13-17(14)28-20(26)15-6-8-16(23)9-7-15/h6-9,12,17-19,23-25,27H,5,10-11,13H2,1-4H3/b14-12+/t17?,18-,19+,22+/m1/s1. The second-order valence-electron chi connectivity index (χ2n) is 8.75. The first-order valence-corrected chi connectivity index (χ1v) is 9.69. The predicted octanol–water partition coefficient (Wildman–Crippen LogP) is 2.94. The van der Waals surface area contributed by atoms with Crippen molar-refractivity contribution in [3.63, 3.8) is 0 Å². The summed E-state index contributed by atoms with van der Waals surface area (Å²) in [5, 5.41) is 41.3. The Labute approximate surface area is 166 Å². The van der Waals surface area contributed by atoms with Crippen LogP contribution in [0, 0.1) is 5.41 Å². The van der Waals surface area contributed by atoms with Crippen LogP contribution in [0.2, 0.25) is 0 Å². The number of esters is 1. The molecule has 6 nitrogen and oxygen atoms in total. The highest BCUT2D eigenvalue weighted by atomic mass is 16.5. The SMILES string of the molecule is C/C1=C\[C@@H](O)C(C)(C)CCC[C@](C)(O)[C@@H](O)CC1OC(=O)c1ccc(O)cc1. The number of ether oxygens (including phenoxy) is 1. The molecule has 2 rings (SSSR count). The Morgan fingerprint density at radius 3 is 2.32 bits per heavy atom. The molecule has 0 amide bonds. The third-order valence-electron chi connectivity index (χ3n) is 5.74. The van der Waals surface area contributed by atoms with Gasteiger partial charge in [0, 0.05) is 6.42 Å². The van der Waals surface area contributed by atoms with Gasteiger partial charge in [0.05, 0.1) is 23.4 Å². The molecule has 0 saturated heterocycles. The molecule has 4 N–H and O–H groups in total. The van der Waals surface area contributed by atoms with Crippen LogP contribution in [0.1, 0.15) is 63.7 Å². The van der Waals surface area contributed by atoms with Crippen LogP contribution >= 0.6 is 0 Å². The fraction of sp³-hybridized carbons (Fsp3) is 0.591. The maximum Gasteiger partial charge on any atom is 0.338 e. The number of hydrogen-bond donors (Lipinski definition) is 4. The van der Waals surface area contributed by atoms with Crippen molar-refractivity contribution in [1.82, 2.24) is 0 Å². The van der Waals surface area contributed by atoms with Gasteiger partial charge in [0.1, 0.15) is 11.9 Å². The topological polar surface area (TPSA) is 107 Å². The lowest BCUT2D eigenvalue weighted by Gasteiger charge is -2.32. The number of benzene rings is 1. The second kappa shape index (κ2) is 8.64. The maximum absolute atomic E-state index is 12.5. The molecule has 1 aromatic carbocycles. The third-order valence-corrected chi connectivity index (χ3v) is 5.74. The highest BCUT2D eigenvalue weighted by molar-refractivity contribution is 5.89. The molecule has 1 unspecified atom stereocenters. The van der Waals surface area contributed by atoms with Gasteiger partial charge in [-0.25, -0.2) is 4.79 Å². The van der Waals surface area contributed by atoms with Crippen molar-refractivity contribution in [3.8, 4) is 5.75 Å². The number of aromatic hydroxyl groups is 1. The van der Waals surface area contributed by atoms with E-state index in [0.717, 1.165) is 0 Å². The Morgan fingerprint density at radius 2 is 1.71 bits per heavy atom. The van der Waals surface area contributed by atoms with Gasteiger partial charge >= 0.3 is 5.97 Å². The van der Waals surface area contributed by atoms with Gasteiger partial charge in [0.2, 0.25) is 0 Å². The summed E-state index contributed by atoms with van der Waals surface area (Å²) in [7, 11) is 0. The number of carbonyl (C=O) groups excluding carboxylic acids is 1. The zero-order chi connectivity index (χ0) is 21.1. The number of phenolic OH excluding ortho intramolecular Hbond substituents is 1. The first kappa shape index (κ1) is 22.4. The summed E-state index contributed by atoms with van der Waals surface area (Å²) in [6.07, 6.45) is 0.758. The first-order valence-electron chi connectivity index (χ1n) is 9.69. The molecule has 28 heavy (non-hydrogen) atoms. The molecule has 0 aliphatic heterocycles. The minimum absolute atomic E-state index is 0.0201. The number of aliphatic hydroxyl groups is 3. The summed E-state index contributed by atoms with van der Waals surface area (Å²) >= 11 is 0. The largest absolute Gasteiger partial charge is 0.508 e. The first-order chi connectivity index (χ1) is 12.9. The van der Waals surface area contributed by atoms with E-state index in [-0.39, 0.29) is 17.7 Å². The molecular weight excluding hydrogens is 360 g/mol. The normalized spacial score (nSPS) is 33.2. The van der Waals surface area contributed by atoms with Gasteiger partial charge in [-0.15, -0.1) is 0 Å². The zero-order valence-electron chi connectivity index (χ0n) is 17.1. The average molecular weight is 392 g/mol. The Balaban J connectivity index is 2.31. The Hall–Kier alpha value is -1.89. The lowest BCUT2D eigenvalue weighted by atomic mass is 9.79. The van der Waals surface area contributed by atoms with Gasteiger partial charge in [0.25, 0.3) is 0 Å². The van der Waals surface area contributed by atoms with Gasteiger partial charge in [-0.2, -0.15) is 0 Å². The second-order valence-corrected chi connectivity index (χ2v) is 8.75. The number of phenols is 1. The maximum atomic E-state index is 12.5. The molecule has 0 fully saturated rings. The molecule has 0 spiro atoms. The highest BCUT2D eigenvalue weighted by Gasteiger charge is 2.36. The van der Waals surface area contributed by atoms with Crippen molar-refractivity contribution in [2.24, 2.45) is 5.41 Å². The summed E-state index contributed by atoms with van der Waals surface area (Å²) in [5.74, 6) is -0.562. The molecule has 0 saturated carbocycles. The lowest BCUT2D eigenvalue weighted by molar-refractivity contribution is -0.0847. The summed E-state index contributed by atoms with van der Waals surface area (Å²) < 4.78 is 5.61. The van der Waals surface area contributed by atoms with Crippen LogP contribution < -0.4 is 0 Å². The summed E-state index contributed by atoms with van der Waals surface area (Å²) in [6, 6.07) is 5.68. The van der Waals surface area contributed by atoms with Crippen molar-refractivity contribution in [2.45, 2.75) is 77.3 Å². The van der Waals surface area contributed by atoms with Crippen LogP contribution in [0.25, 0.3) is 0 Å². The minimum Gasteiger partial charge on any atom is -0.508 e. The van der Waals surface area contributed by atoms with E-state index < -0.39 is 35.3 Å². The van der Waals surface area contributed by atoms with Crippen molar-refractivity contribution in [3.05, 3.63) is 41.5 Å². The molecule has 156 valence electrons. The molecule has 0 bridgehead atoms.